The number of aliphatic hydroxyl groups excluding tert-OH is 1. The van der Waals surface area contributed by atoms with Gasteiger partial charge in [0, 0.05) is 30.6 Å². The van der Waals surface area contributed by atoms with Crippen LogP contribution in [0.5, 0.6) is 0 Å². The highest BCUT2D eigenvalue weighted by Gasteiger charge is 2.17. The fourth-order valence-corrected chi connectivity index (χ4v) is 2.59. The maximum atomic E-state index is 13.1. The molecule has 21 heavy (non-hydrogen) atoms. The normalized spacial score (nSPS) is 12.4. The molecule has 0 amide bonds. The zero-order valence-electron chi connectivity index (χ0n) is 10.8. The van der Waals surface area contributed by atoms with Gasteiger partial charge < -0.3 is 10.4 Å². The first-order chi connectivity index (χ1) is 10.0. The lowest BCUT2D eigenvalue weighted by Gasteiger charge is -2.19. The van der Waals surface area contributed by atoms with Gasteiger partial charge in [-0.2, -0.15) is 0 Å². The third kappa shape index (κ3) is 4.11. The molecule has 1 heterocycles. The summed E-state index contributed by atoms with van der Waals surface area (Å²) in [7, 11) is 0. The number of hydrogen-bond donors (Lipinski definition) is 2. The van der Waals surface area contributed by atoms with Crippen LogP contribution in [-0.2, 0) is 6.54 Å². The molecule has 3 nitrogen and oxygen atoms in total. The highest BCUT2D eigenvalue weighted by atomic mass is 35.5. The summed E-state index contributed by atoms with van der Waals surface area (Å²) >= 11 is 12.0. The van der Waals surface area contributed by atoms with Crippen LogP contribution < -0.4 is 5.32 Å². The largest absolute Gasteiger partial charge is 0.394 e. The molecule has 1 aromatic carbocycles. The molecule has 0 aliphatic rings. The molecule has 1 atom stereocenters. The quantitative estimate of drug-likeness (QED) is 0.880. The Bertz CT molecular complexity index is 600. The molecule has 0 spiro atoms. The van der Waals surface area contributed by atoms with Crippen molar-refractivity contribution < 1.29 is 13.9 Å². The van der Waals surface area contributed by atoms with Gasteiger partial charge in [0.25, 0.3) is 0 Å². The number of hydrogen-bond acceptors (Lipinski definition) is 3. The highest BCUT2D eigenvalue weighted by molar-refractivity contribution is 6.35. The fraction of sp³-hybridized carbons (Fsp3) is 0.214. The van der Waals surface area contributed by atoms with E-state index in [0.29, 0.717) is 21.2 Å². The fourth-order valence-electron chi connectivity index (χ4n) is 1.97. The Morgan fingerprint density at radius 2 is 1.67 bits per heavy atom. The van der Waals surface area contributed by atoms with Crippen molar-refractivity contribution in [3.05, 3.63) is 63.4 Å². The van der Waals surface area contributed by atoms with Crippen molar-refractivity contribution in [2.45, 2.75) is 12.6 Å². The van der Waals surface area contributed by atoms with Crippen molar-refractivity contribution in [3.63, 3.8) is 0 Å². The molecule has 0 saturated carbocycles. The van der Waals surface area contributed by atoms with E-state index < -0.39 is 17.7 Å². The van der Waals surface area contributed by atoms with E-state index in [9.17, 15) is 13.9 Å². The van der Waals surface area contributed by atoms with Crippen molar-refractivity contribution in [1.82, 2.24) is 10.3 Å². The topological polar surface area (TPSA) is 45.1 Å². The zero-order valence-corrected chi connectivity index (χ0v) is 12.3. The molecule has 2 N–H and O–H groups in total. The summed E-state index contributed by atoms with van der Waals surface area (Å²) in [5, 5.41) is 13.0. The van der Waals surface area contributed by atoms with Gasteiger partial charge in [-0.25, -0.2) is 8.78 Å². The number of benzene rings is 1. The van der Waals surface area contributed by atoms with Crippen LogP contribution in [0, 0.1) is 11.6 Å². The molecule has 0 radical (unpaired) electrons. The SMILES string of the molecule is OCC(NCc1cc(F)cc(F)c1)c1c(Cl)cncc1Cl. The second-order valence-corrected chi connectivity index (χ2v) is 5.22. The predicted molar refractivity (Wildman–Crippen MR) is 77.3 cm³/mol. The average Bonchev–Trinajstić information content (AvgIpc) is 2.41. The van der Waals surface area contributed by atoms with Crippen LogP contribution in [-0.4, -0.2) is 16.7 Å². The first-order valence-electron chi connectivity index (χ1n) is 6.09. The Morgan fingerprint density at radius 1 is 1.10 bits per heavy atom. The molecule has 1 aromatic heterocycles. The van der Waals surface area contributed by atoms with Gasteiger partial charge in [0.2, 0.25) is 0 Å². The van der Waals surface area contributed by atoms with E-state index in [1.54, 1.807) is 0 Å². The second-order valence-electron chi connectivity index (χ2n) is 4.41. The number of nitrogens with zero attached hydrogens (tertiary/aromatic N) is 1. The Morgan fingerprint density at radius 3 is 2.19 bits per heavy atom. The van der Waals surface area contributed by atoms with Crippen LogP contribution in [0.25, 0.3) is 0 Å². The van der Waals surface area contributed by atoms with E-state index in [4.69, 9.17) is 23.2 Å². The number of pyridine rings is 1. The van der Waals surface area contributed by atoms with E-state index in [0.717, 1.165) is 6.07 Å². The number of rotatable bonds is 5. The van der Waals surface area contributed by atoms with E-state index in [1.807, 2.05) is 0 Å². The summed E-state index contributed by atoms with van der Waals surface area (Å²) in [5.41, 5.74) is 0.903. The van der Waals surface area contributed by atoms with Crippen molar-refractivity contribution in [3.8, 4) is 0 Å². The van der Waals surface area contributed by atoms with Crippen LogP contribution >= 0.6 is 23.2 Å². The molecular formula is C14H12Cl2F2N2O. The monoisotopic (exact) mass is 332 g/mol. The van der Waals surface area contributed by atoms with E-state index >= 15 is 0 Å². The molecule has 2 aromatic rings. The average molecular weight is 333 g/mol. The van der Waals surface area contributed by atoms with Gasteiger partial charge in [0.1, 0.15) is 11.6 Å². The minimum atomic E-state index is -0.660. The molecule has 0 aliphatic heterocycles. The van der Waals surface area contributed by atoms with Crippen molar-refractivity contribution in [1.29, 1.82) is 0 Å². The smallest absolute Gasteiger partial charge is 0.126 e. The van der Waals surface area contributed by atoms with Crippen LogP contribution in [0.3, 0.4) is 0 Å². The molecule has 0 aliphatic carbocycles. The lowest BCUT2D eigenvalue weighted by molar-refractivity contribution is 0.243. The molecule has 112 valence electrons. The lowest BCUT2D eigenvalue weighted by atomic mass is 10.1. The third-order valence-electron chi connectivity index (χ3n) is 2.90. The molecule has 2 rings (SSSR count). The van der Waals surface area contributed by atoms with Crippen LogP contribution in [0.4, 0.5) is 8.78 Å². The first-order valence-corrected chi connectivity index (χ1v) is 6.85. The number of nitrogens with one attached hydrogen (secondary N) is 1. The van der Waals surface area contributed by atoms with Crippen molar-refractivity contribution in [2.75, 3.05) is 6.61 Å². The van der Waals surface area contributed by atoms with Gasteiger partial charge in [-0.15, -0.1) is 0 Å². The van der Waals surface area contributed by atoms with Crippen LogP contribution in [0.1, 0.15) is 17.2 Å². The summed E-state index contributed by atoms with van der Waals surface area (Å²) < 4.78 is 26.2. The number of aromatic nitrogens is 1. The summed E-state index contributed by atoms with van der Waals surface area (Å²) in [6.45, 7) is -0.129. The van der Waals surface area contributed by atoms with Gasteiger partial charge in [0.05, 0.1) is 22.7 Å². The van der Waals surface area contributed by atoms with Gasteiger partial charge in [-0.3, -0.25) is 4.98 Å². The van der Waals surface area contributed by atoms with Crippen molar-refractivity contribution >= 4 is 23.2 Å². The second kappa shape index (κ2) is 7.13. The zero-order chi connectivity index (χ0) is 15.4. The molecule has 0 fully saturated rings. The lowest BCUT2D eigenvalue weighted by Crippen LogP contribution is -2.25. The molecule has 7 heteroatoms. The Kier molecular flexibility index (Phi) is 5.47. The minimum absolute atomic E-state index is 0.148. The Balaban J connectivity index is 2.16. The van der Waals surface area contributed by atoms with Crippen LogP contribution in [0.2, 0.25) is 10.0 Å². The van der Waals surface area contributed by atoms with Gasteiger partial charge in [-0.05, 0) is 17.7 Å². The summed E-state index contributed by atoms with van der Waals surface area (Å²) in [6.07, 6.45) is 2.82. The molecule has 0 saturated heterocycles. The molecule has 0 bridgehead atoms. The summed E-state index contributed by atoms with van der Waals surface area (Å²) in [6, 6.07) is 2.64. The van der Waals surface area contributed by atoms with E-state index in [2.05, 4.69) is 10.3 Å². The van der Waals surface area contributed by atoms with Crippen molar-refractivity contribution in [2.24, 2.45) is 0 Å². The standard InChI is InChI=1S/C14H12Cl2F2N2O/c15-11-5-19-6-12(16)14(11)13(7-21)20-4-8-1-9(17)3-10(18)2-8/h1-3,5-6,13,20-21H,4,7H2. The van der Waals surface area contributed by atoms with Crippen LogP contribution in [0.15, 0.2) is 30.6 Å². The maximum Gasteiger partial charge on any atom is 0.126 e. The van der Waals surface area contributed by atoms with Gasteiger partial charge >= 0.3 is 0 Å². The maximum absolute atomic E-state index is 13.1. The third-order valence-corrected chi connectivity index (χ3v) is 3.50. The predicted octanol–water partition coefficient (Wildman–Crippen LogP) is 3.49. The summed E-state index contributed by atoms with van der Waals surface area (Å²) in [4.78, 5) is 3.83. The van der Waals surface area contributed by atoms with Gasteiger partial charge in [-0.1, -0.05) is 23.2 Å². The van der Waals surface area contributed by atoms with Gasteiger partial charge in [0.15, 0.2) is 0 Å². The molecular weight excluding hydrogens is 321 g/mol. The number of aliphatic hydroxyl groups is 1. The minimum Gasteiger partial charge on any atom is -0.394 e. The molecule has 1 unspecified atom stereocenters. The summed E-state index contributed by atoms with van der Waals surface area (Å²) in [5.74, 6) is -1.32. The Hall–Kier alpha value is -1.27. The van der Waals surface area contributed by atoms with E-state index in [1.165, 1.54) is 24.5 Å². The highest BCUT2D eigenvalue weighted by Crippen LogP contribution is 2.29. The number of halogens is 4. The van der Waals surface area contributed by atoms with E-state index in [-0.39, 0.29) is 13.2 Å². The first kappa shape index (κ1) is 16.1. The Labute approximate surface area is 130 Å².